The van der Waals surface area contributed by atoms with Gasteiger partial charge in [0.2, 0.25) is 70.9 Å². The Morgan fingerprint density at radius 3 is 1.67 bits per heavy atom. The Morgan fingerprint density at radius 1 is 0.581 bits per heavy atom. The van der Waals surface area contributed by atoms with E-state index < -0.39 is 144 Å². The number of hydrogen-bond donors (Lipinski definition) is 13. The van der Waals surface area contributed by atoms with Gasteiger partial charge in [0.05, 0.1) is 13.0 Å². The normalized spacial score (nSPS) is 15.4. The number of carbonyl (C=O) groups is 12. The molecule has 1 aromatic heterocycles. The molecule has 2 heterocycles. The molecule has 0 aliphatic carbocycles. The van der Waals surface area contributed by atoms with E-state index in [0.717, 1.165) is 33.2 Å². The molecule has 0 spiro atoms. The molecule has 29 heteroatoms. The Hall–Kier alpha value is -10.1. The molecule has 1 aliphatic rings. The number of nitrogens with one attached hydrogen (secondary N) is 9. The minimum atomic E-state index is -1.85. The highest BCUT2D eigenvalue weighted by atomic mass is 35.5. The van der Waals surface area contributed by atoms with Crippen LogP contribution >= 0.6 is 11.6 Å². The number of phenolic OH excluding ortho intramolecular Hbond substituents is 1. The Bertz CT molecular complexity index is 3830. The van der Waals surface area contributed by atoms with Gasteiger partial charge in [-0.05, 0) is 139 Å². The van der Waals surface area contributed by atoms with Crippen molar-refractivity contribution >= 4 is 93.3 Å². The summed E-state index contributed by atoms with van der Waals surface area (Å²) in [6.45, 7) is 14.1. The largest absolute Gasteiger partial charge is 0.508 e. The fourth-order valence-corrected chi connectivity index (χ4v) is 12.5. The highest BCUT2D eigenvalue weighted by Gasteiger charge is 2.41. The van der Waals surface area contributed by atoms with Crippen molar-refractivity contribution in [1.82, 2.24) is 62.6 Å². The quantitative estimate of drug-likeness (QED) is 0.0250. The maximum Gasteiger partial charge on any atom is 0.247 e. The van der Waals surface area contributed by atoms with Crippen molar-refractivity contribution in [2.24, 2.45) is 23.3 Å². The van der Waals surface area contributed by atoms with Crippen LogP contribution in [-0.4, -0.2) is 189 Å². The van der Waals surface area contributed by atoms with Gasteiger partial charge in [0, 0.05) is 69.7 Å². The van der Waals surface area contributed by atoms with Crippen molar-refractivity contribution < 1.29 is 67.7 Å². The number of aliphatic hydroxyl groups excluding tert-OH is 1. The fourth-order valence-electron chi connectivity index (χ4n) is 12.4. The van der Waals surface area contributed by atoms with E-state index in [4.69, 9.17) is 23.1 Å². The van der Waals surface area contributed by atoms with E-state index in [1.165, 1.54) is 62.5 Å². The van der Waals surface area contributed by atoms with E-state index in [0.29, 0.717) is 53.4 Å². The molecule has 5 aromatic rings. The molecule has 28 nitrogen and oxygen atoms in total. The molecule has 1 aliphatic heterocycles. The molecule has 1 fully saturated rings. The van der Waals surface area contributed by atoms with Gasteiger partial charge in [0.15, 0.2) is 0 Å². The van der Waals surface area contributed by atoms with Crippen molar-refractivity contribution in [1.29, 1.82) is 0 Å². The van der Waals surface area contributed by atoms with Crippen LogP contribution in [0.25, 0.3) is 10.8 Å². The van der Waals surface area contributed by atoms with Gasteiger partial charge in [0.1, 0.15) is 66.2 Å². The maximum absolute atomic E-state index is 15.0. The standard InChI is InChI=1S/C76H103ClN14O14/c1-43(2)32-50-17-23-53-24-18-51(35-54(53)34-50)37-59(83-47(8)93)69(98)86-60(36-48-19-25-55(77)26-20-48)70(99)87-61(38-52-14-12-29-80-41-52)71(100)89-63(42-92)75(104)90(9)65(39-49-21-27-56(94)28-22-49)74(103)88-62(40-66(78)95)72(101)85-58(33-44(3)4)68(97)84-57(15-10-11-30-81-45(5)6)76(105)91-31-13-16-64(91)73(102)82-46(7)67(79)96/h12,14,17-29,34-35,41,43-46,57-65,81,92,94H,10-11,13,15-16,30-33,36-40,42H2,1-9H3,(H2,78,95)(H2,79,96)(H,82,102)(H,83,93)(H,84,97)(H,85,101)(H,86,98)(H,87,99)(H,88,103)(H,89,100)/t46-,57+,58+,59-,60-,61-,62-,63+,64+,65?/m1/s1. The number of carbonyl (C=O) groups excluding carboxylic acids is 12. The summed E-state index contributed by atoms with van der Waals surface area (Å²) in [6, 6.07) is 13.2. The van der Waals surface area contributed by atoms with Crippen LogP contribution in [0.15, 0.2) is 109 Å². The predicted molar refractivity (Wildman–Crippen MR) is 396 cm³/mol. The van der Waals surface area contributed by atoms with Crippen LogP contribution in [-0.2, 0) is 89.6 Å². The van der Waals surface area contributed by atoms with E-state index in [-0.39, 0.29) is 69.2 Å². The third-order valence-electron chi connectivity index (χ3n) is 17.9. The lowest BCUT2D eigenvalue weighted by Crippen LogP contribution is -2.62. The number of fused-ring (bicyclic) bond motifs is 1. The Morgan fingerprint density at radius 2 is 1.10 bits per heavy atom. The Kier molecular flexibility index (Phi) is 32.6. The number of nitrogens with two attached hydrogens (primary N) is 2. The van der Waals surface area contributed by atoms with Crippen molar-refractivity contribution in [3.05, 3.63) is 142 Å². The summed E-state index contributed by atoms with van der Waals surface area (Å²) in [6.07, 6.45) is 4.08. The average Bonchev–Trinajstić information content (AvgIpc) is 1.80. The zero-order chi connectivity index (χ0) is 77.2. The second kappa shape index (κ2) is 40.8. The monoisotopic (exact) mass is 1470 g/mol. The van der Waals surface area contributed by atoms with E-state index in [9.17, 15) is 67.7 Å². The Labute approximate surface area is 617 Å². The van der Waals surface area contributed by atoms with Crippen molar-refractivity contribution in [2.75, 3.05) is 26.7 Å². The molecule has 0 radical (unpaired) electrons. The number of halogens is 1. The molecule has 0 saturated carbocycles. The third-order valence-corrected chi connectivity index (χ3v) is 18.1. The number of aromatic hydroxyl groups is 1. The molecular weight excluding hydrogens is 1370 g/mol. The van der Waals surface area contributed by atoms with E-state index in [2.05, 4.69) is 78.8 Å². The summed E-state index contributed by atoms with van der Waals surface area (Å²) in [5.74, 6) is -10.2. The zero-order valence-corrected chi connectivity index (χ0v) is 61.9. The summed E-state index contributed by atoms with van der Waals surface area (Å²) in [5, 5.41) is 48.2. The highest BCUT2D eigenvalue weighted by Crippen LogP contribution is 2.24. The predicted octanol–water partition coefficient (Wildman–Crippen LogP) is 2.37. The Balaban J connectivity index is 1.25. The molecule has 105 heavy (non-hydrogen) atoms. The molecule has 10 atom stereocenters. The van der Waals surface area contributed by atoms with Crippen LogP contribution in [0.2, 0.25) is 5.02 Å². The van der Waals surface area contributed by atoms with Crippen LogP contribution in [0.1, 0.15) is 128 Å². The number of aromatic nitrogens is 1. The highest BCUT2D eigenvalue weighted by molar-refractivity contribution is 6.30. The average molecular weight is 1470 g/mol. The summed E-state index contributed by atoms with van der Waals surface area (Å²) in [4.78, 5) is 175. The van der Waals surface area contributed by atoms with Gasteiger partial charge in [0.25, 0.3) is 0 Å². The number of benzene rings is 4. The fraction of sp³-hybridized carbons (Fsp3) is 0.487. The van der Waals surface area contributed by atoms with Crippen molar-refractivity contribution in [2.45, 2.75) is 199 Å². The molecule has 0 bridgehead atoms. The SMILES string of the molecule is CC(=O)N[C@H](Cc1ccc2ccc(CC(C)C)cc2c1)C(=O)N[C@H](Cc1ccc(Cl)cc1)C(=O)N[C@H](Cc1cccnc1)C(=O)N[C@@H](CO)C(=O)N(C)C(Cc1ccc(O)cc1)C(=O)N[C@H](CC(N)=O)C(=O)N[C@@H](CC(C)C)C(=O)N[C@@H](CCCCNC(C)C)C(=O)N1CCC[C@H]1C(=O)N[C@H](C)C(N)=O. The second-order valence-electron chi connectivity index (χ2n) is 28.1. The summed E-state index contributed by atoms with van der Waals surface area (Å²) < 4.78 is 0. The first kappa shape index (κ1) is 83.9. The number of likely N-dealkylation sites (N-methyl/N-ethyl adjacent to an activating group) is 1. The number of hydrogen-bond acceptors (Lipinski definition) is 16. The lowest BCUT2D eigenvalue weighted by atomic mass is 9.96. The second-order valence-corrected chi connectivity index (χ2v) is 28.5. The number of rotatable bonds is 40. The zero-order valence-electron chi connectivity index (χ0n) is 61.2. The van der Waals surface area contributed by atoms with E-state index in [1.54, 1.807) is 50.2 Å². The topological polar surface area (TPSA) is 425 Å². The minimum Gasteiger partial charge on any atom is -0.508 e. The lowest BCUT2D eigenvalue weighted by Gasteiger charge is -2.32. The van der Waals surface area contributed by atoms with Crippen LogP contribution in [0.5, 0.6) is 5.75 Å². The molecule has 1 unspecified atom stereocenters. The summed E-state index contributed by atoms with van der Waals surface area (Å²) >= 11 is 6.26. The summed E-state index contributed by atoms with van der Waals surface area (Å²) in [5.41, 5.74) is 14.3. The molecule has 12 amide bonds. The van der Waals surface area contributed by atoms with Gasteiger partial charge in [-0.2, -0.15) is 0 Å². The van der Waals surface area contributed by atoms with Crippen LogP contribution in [0, 0.1) is 11.8 Å². The van der Waals surface area contributed by atoms with Gasteiger partial charge in [-0.1, -0.05) is 120 Å². The van der Waals surface area contributed by atoms with Gasteiger partial charge < -0.3 is 79.3 Å². The van der Waals surface area contributed by atoms with Crippen LogP contribution in [0.3, 0.4) is 0 Å². The van der Waals surface area contributed by atoms with E-state index >= 15 is 0 Å². The molecule has 15 N–H and O–H groups in total. The number of amides is 12. The van der Waals surface area contributed by atoms with Gasteiger partial charge in [-0.15, -0.1) is 0 Å². The molecular formula is C76H103ClN14O14. The molecule has 6 rings (SSSR count). The van der Waals surface area contributed by atoms with Gasteiger partial charge in [-0.25, -0.2) is 0 Å². The third kappa shape index (κ3) is 26.9. The van der Waals surface area contributed by atoms with E-state index in [1.807, 2.05) is 38.1 Å². The number of likely N-dealkylation sites (tertiary alicyclic amines) is 1. The number of unbranched alkanes of at least 4 members (excludes halogenated alkanes) is 1. The smallest absolute Gasteiger partial charge is 0.247 e. The minimum absolute atomic E-state index is 0.0245. The van der Waals surface area contributed by atoms with Crippen LogP contribution < -0.4 is 59.3 Å². The molecule has 4 aromatic carbocycles. The first-order valence-electron chi connectivity index (χ1n) is 35.6. The lowest BCUT2D eigenvalue weighted by molar-refractivity contribution is -0.144. The van der Waals surface area contributed by atoms with Gasteiger partial charge >= 0.3 is 0 Å². The first-order chi connectivity index (χ1) is 49.8. The molecule has 1 saturated heterocycles. The number of aliphatic hydroxyl groups is 1. The van der Waals surface area contributed by atoms with Gasteiger partial charge in [-0.3, -0.25) is 62.5 Å². The van der Waals surface area contributed by atoms with Crippen molar-refractivity contribution in [3.8, 4) is 5.75 Å². The first-order valence-corrected chi connectivity index (χ1v) is 36.0. The van der Waals surface area contributed by atoms with Crippen LogP contribution in [0.4, 0.5) is 0 Å². The molecule has 568 valence electrons. The number of nitrogens with zero attached hydrogens (tertiary/aromatic N) is 3. The number of phenols is 1. The van der Waals surface area contributed by atoms with Crippen molar-refractivity contribution in [3.63, 3.8) is 0 Å². The number of primary amides is 2. The summed E-state index contributed by atoms with van der Waals surface area (Å²) in [7, 11) is 1.18. The maximum atomic E-state index is 15.0. The number of pyridine rings is 1.